The zero-order valence-corrected chi connectivity index (χ0v) is 7.97. The van der Waals surface area contributed by atoms with E-state index >= 15 is 0 Å². The molecule has 0 radical (unpaired) electrons. The van der Waals surface area contributed by atoms with Crippen molar-refractivity contribution in [2.24, 2.45) is 0 Å². The maximum absolute atomic E-state index is 11.0. The van der Waals surface area contributed by atoms with Crippen LogP contribution >= 0.6 is 0 Å². The fraction of sp³-hybridized carbons (Fsp3) is 0.300. The standard InChI is InChI=1S/C10H10N2O3/c13-10-5-7(6-11-10)8-3-1-2-4-9(8)12(14)15/h1-4,7H,5-6H2,(H,11,13). The van der Waals surface area contributed by atoms with Gasteiger partial charge in [0, 0.05) is 30.5 Å². The van der Waals surface area contributed by atoms with Crippen molar-refractivity contribution in [3.8, 4) is 0 Å². The minimum Gasteiger partial charge on any atom is -0.355 e. The third kappa shape index (κ3) is 1.81. The fourth-order valence-corrected chi connectivity index (χ4v) is 1.82. The Labute approximate surface area is 86.2 Å². The Morgan fingerprint density at radius 2 is 2.13 bits per heavy atom. The molecule has 1 unspecified atom stereocenters. The van der Waals surface area contributed by atoms with Crippen molar-refractivity contribution in [1.82, 2.24) is 5.32 Å². The molecule has 1 saturated heterocycles. The zero-order valence-electron chi connectivity index (χ0n) is 7.97. The molecule has 0 aliphatic carbocycles. The van der Waals surface area contributed by atoms with Gasteiger partial charge in [0.1, 0.15) is 0 Å². The van der Waals surface area contributed by atoms with E-state index in [0.717, 1.165) is 0 Å². The molecule has 78 valence electrons. The number of carbonyl (C=O) groups is 1. The van der Waals surface area contributed by atoms with E-state index in [4.69, 9.17) is 0 Å². The summed E-state index contributed by atoms with van der Waals surface area (Å²) in [4.78, 5) is 21.4. The summed E-state index contributed by atoms with van der Waals surface area (Å²) in [5, 5.41) is 13.4. The van der Waals surface area contributed by atoms with Crippen LogP contribution in [-0.4, -0.2) is 17.4 Å². The van der Waals surface area contributed by atoms with E-state index in [2.05, 4.69) is 5.32 Å². The third-order valence-corrected chi connectivity index (χ3v) is 2.55. The van der Waals surface area contributed by atoms with Gasteiger partial charge in [-0.1, -0.05) is 18.2 Å². The first kappa shape index (κ1) is 9.64. The Kier molecular flexibility index (Phi) is 2.37. The smallest absolute Gasteiger partial charge is 0.272 e. The third-order valence-electron chi connectivity index (χ3n) is 2.55. The average Bonchev–Trinajstić information content (AvgIpc) is 2.65. The van der Waals surface area contributed by atoms with Crippen LogP contribution in [0.1, 0.15) is 17.9 Å². The molecule has 5 nitrogen and oxygen atoms in total. The van der Waals surface area contributed by atoms with Gasteiger partial charge in [-0.05, 0) is 0 Å². The van der Waals surface area contributed by atoms with Crippen LogP contribution < -0.4 is 5.32 Å². The molecule has 1 aromatic carbocycles. The van der Waals surface area contributed by atoms with Gasteiger partial charge < -0.3 is 5.32 Å². The maximum atomic E-state index is 11.0. The van der Waals surface area contributed by atoms with Gasteiger partial charge in [-0.15, -0.1) is 0 Å². The van der Waals surface area contributed by atoms with Crippen LogP contribution in [0.4, 0.5) is 5.69 Å². The number of hydrogen-bond acceptors (Lipinski definition) is 3. The molecule has 1 aliphatic heterocycles. The van der Waals surface area contributed by atoms with Gasteiger partial charge in [0.15, 0.2) is 0 Å². The van der Waals surface area contributed by atoms with Crippen LogP contribution in [-0.2, 0) is 4.79 Å². The SMILES string of the molecule is O=C1CC(c2ccccc2[N+](=O)[O-])CN1. The average molecular weight is 206 g/mol. The number of amides is 1. The van der Waals surface area contributed by atoms with Crippen LogP contribution in [0.15, 0.2) is 24.3 Å². The molecule has 2 rings (SSSR count). The van der Waals surface area contributed by atoms with Gasteiger partial charge in [0.25, 0.3) is 5.69 Å². The predicted molar refractivity (Wildman–Crippen MR) is 53.5 cm³/mol. The summed E-state index contributed by atoms with van der Waals surface area (Å²) in [5.41, 5.74) is 0.736. The van der Waals surface area contributed by atoms with Crippen LogP contribution in [0.5, 0.6) is 0 Å². The lowest BCUT2D eigenvalue weighted by atomic mass is 9.97. The monoisotopic (exact) mass is 206 g/mol. The summed E-state index contributed by atoms with van der Waals surface area (Å²) in [6.07, 6.45) is 0.338. The first-order chi connectivity index (χ1) is 7.18. The van der Waals surface area contributed by atoms with Gasteiger partial charge in [-0.2, -0.15) is 0 Å². The summed E-state index contributed by atoms with van der Waals surface area (Å²) in [5.74, 6) is -0.114. The lowest BCUT2D eigenvalue weighted by Gasteiger charge is -2.07. The minimum absolute atomic E-state index is 0.0434. The Hall–Kier alpha value is -1.91. The van der Waals surface area contributed by atoms with E-state index in [1.165, 1.54) is 6.07 Å². The molecule has 15 heavy (non-hydrogen) atoms. The van der Waals surface area contributed by atoms with Crippen LogP contribution in [0, 0.1) is 10.1 Å². The molecule has 1 atom stereocenters. The van der Waals surface area contributed by atoms with Gasteiger partial charge in [0.05, 0.1) is 4.92 Å². The number of hydrogen-bond donors (Lipinski definition) is 1. The molecular weight excluding hydrogens is 196 g/mol. The summed E-state index contributed by atoms with van der Waals surface area (Å²) in [6.45, 7) is 0.490. The number of nitro groups is 1. The summed E-state index contributed by atoms with van der Waals surface area (Å²) < 4.78 is 0. The zero-order chi connectivity index (χ0) is 10.8. The quantitative estimate of drug-likeness (QED) is 0.583. The topological polar surface area (TPSA) is 72.2 Å². The number of benzene rings is 1. The van der Waals surface area contributed by atoms with Gasteiger partial charge in [-0.3, -0.25) is 14.9 Å². The lowest BCUT2D eigenvalue weighted by molar-refractivity contribution is -0.385. The first-order valence-corrected chi connectivity index (χ1v) is 4.68. The van der Waals surface area contributed by atoms with Crippen molar-refractivity contribution >= 4 is 11.6 Å². The van der Waals surface area contributed by atoms with Gasteiger partial charge in [-0.25, -0.2) is 0 Å². The summed E-state index contributed by atoms with van der Waals surface area (Å²) in [6, 6.07) is 6.57. The second-order valence-electron chi connectivity index (χ2n) is 3.52. The molecule has 0 aromatic heterocycles. The van der Waals surface area contributed by atoms with E-state index in [1.807, 2.05) is 0 Å². The molecular formula is C10H10N2O3. The van der Waals surface area contributed by atoms with Crippen LogP contribution in [0.3, 0.4) is 0 Å². The van der Waals surface area contributed by atoms with Crippen LogP contribution in [0.2, 0.25) is 0 Å². The number of para-hydroxylation sites is 1. The fourth-order valence-electron chi connectivity index (χ4n) is 1.82. The van der Waals surface area contributed by atoms with Crippen molar-refractivity contribution in [2.45, 2.75) is 12.3 Å². The van der Waals surface area contributed by atoms with Crippen molar-refractivity contribution in [2.75, 3.05) is 6.54 Å². The molecule has 1 amide bonds. The van der Waals surface area contributed by atoms with Gasteiger partial charge in [0.2, 0.25) is 5.91 Å². The summed E-state index contributed by atoms with van der Waals surface area (Å²) in [7, 11) is 0. The lowest BCUT2D eigenvalue weighted by Crippen LogP contribution is -2.13. The molecule has 1 fully saturated rings. The molecule has 1 N–H and O–H groups in total. The molecule has 1 aliphatic rings. The molecule has 0 saturated carbocycles. The normalized spacial score (nSPS) is 20.0. The number of rotatable bonds is 2. The van der Waals surface area contributed by atoms with E-state index < -0.39 is 4.92 Å². The highest BCUT2D eigenvalue weighted by atomic mass is 16.6. The maximum Gasteiger partial charge on any atom is 0.272 e. The van der Waals surface area contributed by atoms with E-state index in [1.54, 1.807) is 18.2 Å². The predicted octanol–water partition coefficient (Wildman–Crippen LogP) is 1.20. The second kappa shape index (κ2) is 3.68. The van der Waals surface area contributed by atoms with Crippen molar-refractivity contribution in [3.63, 3.8) is 0 Å². The van der Waals surface area contributed by atoms with E-state index in [-0.39, 0.29) is 17.5 Å². The largest absolute Gasteiger partial charge is 0.355 e. The first-order valence-electron chi connectivity index (χ1n) is 4.68. The molecule has 0 bridgehead atoms. The van der Waals surface area contributed by atoms with Crippen LogP contribution in [0.25, 0.3) is 0 Å². The Morgan fingerprint density at radius 1 is 1.40 bits per heavy atom. The highest BCUT2D eigenvalue weighted by Gasteiger charge is 2.28. The Morgan fingerprint density at radius 3 is 2.73 bits per heavy atom. The van der Waals surface area contributed by atoms with Crippen molar-refractivity contribution in [3.05, 3.63) is 39.9 Å². The molecule has 1 heterocycles. The molecule has 0 spiro atoms. The number of nitrogens with zero attached hydrogens (tertiary/aromatic N) is 1. The van der Waals surface area contributed by atoms with Gasteiger partial charge >= 0.3 is 0 Å². The van der Waals surface area contributed by atoms with Crippen molar-refractivity contribution < 1.29 is 9.72 Å². The highest BCUT2D eigenvalue weighted by Crippen LogP contribution is 2.30. The molecule has 5 heteroatoms. The number of nitrogens with one attached hydrogen (secondary N) is 1. The Balaban J connectivity index is 2.35. The minimum atomic E-state index is -0.405. The number of nitro benzene ring substituents is 1. The highest BCUT2D eigenvalue weighted by molar-refractivity contribution is 5.79. The number of carbonyl (C=O) groups excluding carboxylic acids is 1. The second-order valence-corrected chi connectivity index (χ2v) is 3.52. The molecule has 1 aromatic rings. The van der Waals surface area contributed by atoms with E-state index in [9.17, 15) is 14.9 Å². The Bertz CT molecular complexity index is 417. The summed E-state index contributed by atoms with van der Waals surface area (Å²) >= 11 is 0. The van der Waals surface area contributed by atoms with Crippen molar-refractivity contribution in [1.29, 1.82) is 0 Å². The van der Waals surface area contributed by atoms with E-state index in [0.29, 0.717) is 18.5 Å².